The Kier molecular flexibility index (Phi) is 5.35. The van der Waals surface area contributed by atoms with E-state index < -0.39 is 0 Å². The molecule has 4 rings (SSSR count). The Morgan fingerprint density at radius 1 is 1.14 bits per heavy atom. The maximum atomic E-state index is 13.3. The SMILES string of the molecule is C/C(N)=C1/NCCC(Nc2ccc(F)cc2)c2cc(C3=CCNCC3)ccc21. The molecule has 0 bridgehead atoms. The lowest BCUT2D eigenvalue weighted by Crippen LogP contribution is -2.20. The highest BCUT2D eigenvalue weighted by molar-refractivity contribution is 5.75. The summed E-state index contributed by atoms with van der Waals surface area (Å²) in [5.74, 6) is -0.224. The third-order valence-corrected chi connectivity index (χ3v) is 5.45. The van der Waals surface area contributed by atoms with E-state index in [4.69, 9.17) is 5.73 Å². The molecule has 2 aromatic rings. The molecule has 2 aliphatic heterocycles. The summed E-state index contributed by atoms with van der Waals surface area (Å²) in [4.78, 5) is 0. The zero-order chi connectivity index (χ0) is 19.5. The quantitative estimate of drug-likeness (QED) is 0.652. The molecule has 2 aliphatic rings. The molecule has 1 atom stereocenters. The highest BCUT2D eigenvalue weighted by Gasteiger charge is 2.23. The van der Waals surface area contributed by atoms with Gasteiger partial charge in [-0.25, -0.2) is 4.39 Å². The molecule has 2 aromatic carbocycles. The average Bonchev–Trinajstić information content (AvgIpc) is 2.89. The van der Waals surface area contributed by atoms with Gasteiger partial charge in [-0.15, -0.1) is 0 Å². The molecule has 5 heteroatoms. The van der Waals surface area contributed by atoms with Gasteiger partial charge in [-0.2, -0.15) is 0 Å². The standard InChI is InChI=1S/C23H27FN4/c1-15(25)23-20-7-2-17(16-8-11-26-12-9-16)14-21(20)22(10-13-27-23)28-19-5-3-18(24)4-6-19/h2-8,14,22,26-28H,9-13,25H2,1H3/b23-15-. The first-order valence-corrected chi connectivity index (χ1v) is 9.88. The summed E-state index contributed by atoms with van der Waals surface area (Å²) in [6.07, 6.45) is 4.21. The number of benzene rings is 2. The van der Waals surface area contributed by atoms with E-state index in [0.29, 0.717) is 0 Å². The number of allylic oxidation sites excluding steroid dienone is 1. The summed E-state index contributed by atoms with van der Waals surface area (Å²) >= 11 is 0. The van der Waals surface area contributed by atoms with Crippen LogP contribution in [-0.2, 0) is 0 Å². The van der Waals surface area contributed by atoms with Gasteiger partial charge >= 0.3 is 0 Å². The maximum Gasteiger partial charge on any atom is 0.123 e. The molecule has 1 unspecified atom stereocenters. The van der Waals surface area contributed by atoms with Crippen LogP contribution in [0.3, 0.4) is 0 Å². The highest BCUT2D eigenvalue weighted by atomic mass is 19.1. The molecule has 0 radical (unpaired) electrons. The van der Waals surface area contributed by atoms with Crippen LogP contribution in [0.5, 0.6) is 0 Å². The number of halogens is 1. The lowest BCUT2D eigenvalue weighted by Gasteiger charge is -2.23. The number of anilines is 1. The number of hydrogen-bond acceptors (Lipinski definition) is 4. The Bertz CT molecular complexity index is 911. The average molecular weight is 378 g/mol. The van der Waals surface area contributed by atoms with Crippen LogP contribution in [0.4, 0.5) is 10.1 Å². The lowest BCUT2D eigenvalue weighted by molar-refractivity contribution is 0.627. The minimum atomic E-state index is -0.224. The van der Waals surface area contributed by atoms with Gasteiger partial charge < -0.3 is 21.7 Å². The molecule has 0 spiro atoms. The van der Waals surface area contributed by atoms with Gasteiger partial charge in [-0.1, -0.05) is 18.2 Å². The van der Waals surface area contributed by atoms with Gasteiger partial charge in [-0.05, 0) is 73.3 Å². The van der Waals surface area contributed by atoms with Crippen LogP contribution in [-0.4, -0.2) is 19.6 Å². The molecule has 146 valence electrons. The van der Waals surface area contributed by atoms with Crippen LogP contribution >= 0.6 is 0 Å². The van der Waals surface area contributed by atoms with Crippen molar-refractivity contribution in [3.05, 3.63) is 76.7 Å². The van der Waals surface area contributed by atoms with Crippen molar-refractivity contribution in [1.29, 1.82) is 0 Å². The molecule has 0 saturated heterocycles. The number of fused-ring (bicyclic) bond motifs is 1. The Morgan fingerprint density at radius 3 is 2.68 bits per heavy atom. The van der Waals surface area contributed by atoms with Crippen molar-refractivity contribution in [1.82, 2.24) is 10.6 Å². The zero-order valence-corrected chi connectivity index (χ0v) is 16.2. The molecule has 0 aromatic heterocycles. The molecule has 0 saturated carbocycles. The van der Waals surface area contributed by atoms with E-state index in [1.54, 1.807) is 12.1 Å². The van der Waals surface area contributed by atoms with Crippen molar-refractivity contribution in [3.8, 4) is 0 Å². The summed E-state index contributed by atoms with van der Waals surface area (Å²) in [6.45, 7) is 4.68. The Labute approximate surface area is 165 Å². The third kappa shape index (κ3) is 3.90. The number of nitrogens with two attached hydrogens (primary N) is 1. The van der Waals surface area contributed by atoms with Crippen LogP contribution in [0.2, 0.25) is 0 Å². The summed E-state index contributed by atoms with van der Waals surface area (Å²) in [5.41, 5.74) is 13.9. The monoisotopic (exact) mass is 378 g/mol. The largest absolute Gasteiger partial charge is 0.401 e. The minimum Gasteiger partial charge on any atom is -0.401 e. The van der Waals surface area contributed by atoms with Gasteiger partial charge in [0, 0.05) is 30.0 Å². The van der Waals surface area contributed by atoms with E-state index in [-0.39, 0.29) is 11.9 Å². The predicted molar refractivity (Wildman–Crippen MR) is 114 cm³/mol. The Hall–Kier alpha value is -2.79. The molecule has 0 amide bonds. The Morgan fingerprint density at radius 2 is 1.96 bits per heavy atom. The van der Waals surface area contributed by atoms with Gasteiger partial charge in [0.25, 0.3) is 0 Å². The van der Waals surface area contributed by atoms with Gasteiger partial charge in [-0.3, -0.25) is 0 Å². The third-order valence-electron chi connectivity index (χ3n) is 5.45. The number of hydrogen-bond donors (Lipinski definition) is 4. The summed E-state index contributed by atoms with van der Waals surface area (Å²) in [7, 11) is 0. The van der Waals surface area contributed by atoms with Crippen molar-refractivity contribution >= 4 is 17.0 Å². The Balaban J connectivity index is 1.76. The predicted octanol–water partition coefficient (Wildman–Crippen LogP) is 4.00. The van der Waals surface area contributed by atoms with Crippen LogP contribution < -0.4 is 21.7 Å². The van der Waals surface area contributed by atoms with Crippen molar-refractivity contribution in [2.45, 2.75) is 25.8 Å². The van der Waals surface area contributed by atoms with E-state index in [1.807, 2.05) is 6.92 Å². The van der Waals surface area contributed by atoms with Crippen molar-refractivity contribution in [2.24, 2.45) is 5.73 Å². The zero-order valence-electron chi connectivity index (χ0n) is 16.2. The summed E-state index contributed by atoms with van der Waals surface area (Å²) in [6, 6.07) is 13.3. The first-order valence-electron chi connectivity index (χ1n) is 9.88. The fourth-order valence-electron chi connectivity index (χ4n) is 4.00. The van der Waals surface area contributed by atoms with Gasteiger partial charge in [0.05, 0.1) is 11.7 Å². The van der Waals surface area contributed by atoms with Crippen LogP contribution in [0.25, 0.3) is 11.3 Å². The van der Waals surface area contributed by atoms with Crippen molar-refractivity contribution in [2.75, 3.05) is 25.0 Å². The first kappa shape index (κ1) is 18.6. The molecular formula is C23H27FN4. The lowest BCUT2D eigenvalue weighted by atomic mass is 9.91. The molecule has 2 heterocycles. The van der Waals surface area contributed by atoms with E-state index >= 15 is 0 Å². The van der Waals surface area contributed by atoms with E-state index in [0.717, 1.165) is 55.1 Å². The molecular weight excluding hydrogens is 351 g/mol. The van der Waals surface area contributed by atoms with Crippen molar-refractivity contribution < 1.29 is 4.39 Å². The summed E-state index contributed by atoms with van der Waals surface area (Å²) < 4.78 is 13.3. The second kappa shape index (κ2) is 8.07. The molecule has 0 aliphatic carbocycles. The van der Waals surface area contributed by atoms with E-state index in [9.17, 15) is 4.39 Å². The van der Waals surface area contributed by atoms with E-state index in [2.05, 4.69) is 40.2 Å². The van der Waals surface area contributed by atoms with Gasteiger partial charge in [0.1, 0.15) is 5.82 Å². The maximum absolute atomic E-state index is 13.3. The van der Waals surface area contributed by atoms with Crippen LogP contribution in [0.15, 0.2) is 54.2 Å². The first-order chi connectivity index (χ1) is 13.6. The van der Waals surface area contributed by atoms with Gasteiger partial charge in [0.15, 0.2) is 0 Å². The van der Waals surface area contributed by atoms with E-state index in [1.165, 1.54) is 28.8 Å². The second-order valence-corrected chi connectivity index (χ2v) is 7.46. The molecule has 4 nitrogen and oxygen atoms in total. The minimum absolute atomic E-state index is 0.118. The number of rotatable bonds is 3. The molecule has 0 fully saturated rings. The normalized spacial score (nSPS) is 21.1. The number of nitrogens with one attached hydrogen (secondary N) is 3. The van der Waals surface area contributed by atoms with Crippen LogP contribution in [0, 0.1) is 5.82 Å². The van der Waals surface area contributed by atoms with Crippen LogP contribution in [0.1, 0.15) is 42.5 Å². The van der Waals surface area contributed by atoms with Gasteiger partial charge in [0.2, 0.25) is 0 Å². The second-order valence-electron chi connectivity index (χ2n) is 7.46. The fraction of sp³-hybridized carbons (Fsp3) is 0.304. The molecule has 28 heavy (non-hydrogen) atoms. The smallest absolute Gasteiger partial charge is 0.123 e. The molecule has 5 N–H and O–H groups in total. The fourth-order valence-corrected chi connectivity index (χ4v) is 4.00. The highest BCUT2D eigenvalue weighted by Crippen LogP contribution is 2.34. The van der Waals surface area contributed by atoms with Crippen molar-refractivity contribution in [3.63, 3.8) is 0 Å². The summed E-state index contributed by atoms with van der Waals surface area (Å²) in [5, 5.41) is 10.5. The topological polar surface area (TPSA) is 62.1 Å².